The molecule has 4 rings (SSSR count). The Kier molecular flexibility index (Phi) is 6.95. The number of ether oxygens (including phenoxy) is 1. The first-order chi connectivity index (χ1) is 16.9. The van der Waals surface area contributed by atoms with Gasteiger partial charge in [-0.25, -0.2) is 13.1 Å². The van der Waals surface area contributed by atoms with Crippen LogP contribution in [0, 0.1) is 18.3 Å². The second-order valence-corrected chi connectivity index (χ2v) is 9.65. The summed E-state index contributed by atoms with van der Waals surface area (Å²) in [7, 11) is -4.00. The van der Waals surface area contributed by atoms with Gasteiger partial charge in [-0.15, -0.1) is 0 Å². The van der Waals surface area contributed by atoms with E-state index in [-0.39, 0.29) is 9.80 Å². The quantitative estimate of drug-likeness (QED) is 0.236. The van der Waals surface area contributed by atoms with Crippen LogP contribution < -0.4 is 4.74 Å². The van der Waals surface area contributed by atoms with E-state index in [4.69, 9.17) is 9.84 Å². The lowest BCUT2D eigenvalue weighted by Crippen LogP contribution is -2.03. The first-order valence-corrected chi connectivity index (χ1v) is 12.3. The van der Waals surface area contributed by atoms with Gasteiger partial charge in [-0.2, -0.15) is 10.4 Å². The molecular weight excluding hydrogens is 458 g/mol. The van der Waals surface area contributed by atoms with Gasteiger partial charge >= 0.3 is 0 Å². The third-order valence-electron chi connectivity index (χ3n) is 5.31. The highest BCUT2D eigenvalue weighted by Gasteiger charge is 2.22. The molecule has 174 valence electrons. The first kappa shape index (κ1) is 23.7. The van der Waals surface area contributed by atoms with Gasteiger partial charge in [0.05, 0.1) is 10.6 Å². The maximum absolute atomic E-state index is 13.1. The Morgan fingerprint density at radius 2 is 1.77 bits per heavy atom. The number of hydrogen-bond acceptors (Lipinski definition) is 5. The first-order valence-electron chi connectivity index (χ1n) is 10.9. The van der Waals surface area contributed by atoms with E-state index in [0.717, 1.165) is 22.6 Å². The highest BCUT2D eigenvalue weighted by atomic mass is 32.2. The van der Waals surface area contributed by atoms with E-state index in [9.17, 15) is 13.7 Å². The molecule has 0 spiro atoms. The van der Waals surface area contributed by atoms with Gasteiger partial charge in [0.1, 0.15) is 29.0 Å². The largest absolute Gasteiger partial charge is 0.489 e. The predicted octanol–water partition coefficient (Wildman–Crippen LogP) is 5.75. The zero-order valence-electron chi connectivity index (χ0n) is 19.1. The predicted molar refractivity (Wildman–Crippen MR) is 137 cm³/mol. The van der Waals surface area contributed by atoms with Crippen LogP contribution in [0.1, 0.15) is 11.1 Å². The lowest BCUT2D eigenvalue weighted by molar-refractivity contribution is 0.360. The molecule has 1 heterocycles. The van der Waals surface area contributed by atoms with Crippen LogP contribution >= 0.6 is 0 Å². The molecule has 0 bridgehead atoms. The molecule has 35 heavy (non-hydrogen) atoms. The van der Waals surface area contributed by atoms with Gasteiger partial charge in [0.15, 0.2) is 0 Å². The summed E-state index contributed by atoms with van der Waals surface area (Å²) < 4.78 is 33.6. The fourth-order valence-corrected chi connectivity index (χ4v) is 4.75. The Morgan fingerprint density at radius 3 is 2.40 bits per heavy atom. The van der Waals surface area contributed by atoms with Gasteiger partial charge in [0.2, 0.25) is 9.84 Å². The molecule has 0 fully saturated rings. The maximum atomic E-state index is 13.1. The molecule has 0 saturated carbocycles. The monoisotopic (exact) mass is 481 g/mol. The normalized spacial score (nSPS) is 11.6. The third-order valence-corrected chi connectivity index (χ3v) is 6.99. The molecule has 4 aromatic rings. The van der Waals surface area contributed by atoms with Crippen molar-refractivity contribution in [2.75, 3.05) is 6.61 Å². The smallest absolute Gasteiger partial charge is 0.216 e. The van der Waals surface area contributed by atoms with Crippen LogP contribution in [0.2, 0.25) is 0 Å². The van der Waals surface area contributed by atoms with Crippen molar-refractivity contribution in [3.63, 3.8) is 0 Å². The molecule has 0 N–H and O–H groups in total. The van der Waals surface area contributed by atoms with Crippen molar-refractivity contribution in [3.05, 3.63) is 114 Å². The van der Waals surface area contributed by atoms with Crippen molar-refractivity contribution in [1.82, 2.24) is 9.78 Å². The Morgan fingerprint density at radius 1 is 1.09 bits per heavy atom. The van der Waals surface area contributed by atoms with Crippen molar-refractivity contribution >= 4 is 15.9 Å². The Hall–Kier alpha value is -4.41. The molecule has 0 aliphatic heterocycles. The number of nitrogens with zero attached hydrogens (tertiary/aromatic N) is 3. The van der Waals surface area contributed by atoms with Crippen molar-refractivity contribution in [2.24, 2.45) is 0 Å². The standard InChI is InChI=1S/C28H23N3O3S/c1-3-16-34-27-15-14-22(17-21(27)2)28-23(20-31(30-28)24-10-6-4-7-11-24)18-26(19-29)35(32,33)25-12-8-5-9-13-25/h3-15,17-18,20H,1,16H2,2H3/b26-18+. The summed E-state index contributed by atoms with van der Waals surface area (Å²) in [5, 5.41) is 14.5. The van der Waals surface area contributed by atoms with Crippen molar-refractivity contribution in [3.8, 4) is 28.8 Å². The number of benzene rings is 3. The van der Waals surface area contributed by atoms with Crippen molar-refractivity contribution in [2.45, 2.75) is 11.8 Å². The van der Waals surface area contributed by atoms with Crippen LogP contribution in [-0.2, 0) is 9.84 Å². The Labute approximate surface area is 205 Å². The topological polar surface area (TPSA) is 85.0 Å². The lowest BCUT2D eigenvalue weighted by Gasteiger charge is -2.09. The SMILES string of the molecule is C=CCOc1ccc(-c2nn(-c3ccccc3)cc2/C=C(\C#N)S(=O)(=O)c2ccccc2)cc1C. The molecule has 0 aliphatic rings. The van der Waals surface area contributed by atoms with Gasteiger partial charge in [0.25, 0.3) is 0 Å². The molecule has 7 heteroatoms. The lowest BCUT2D eigenvalue weighted by atomic mass is 10.0. The summed E-state index contributed by atoms with van der Waals surface area (Å²) in [6.07, 6.45) is 4.77. The third kappa shape index (κ3) is 5.08. The number of rotatable bonds is 8. The summed E-state index contributed by atoms with van der Waals surface area (Å²) in [4.78, 5) is -0.301. The molecule has 1 aromatic heterocycles. The van der Waals surface area contributed by atoms with Gasteiger partial charge in [0, 0.05) is 17.3 Å². The summed E-state index contributed by atoms with van der Waals surface area (Å²) >= 11 is 0. The summed E-state index contributed by atoms with van der Waals surface area (Å²) in [5.74, 6) is 0.720. The van der Waals surface area contributed by atoms with E-state index >= 15 is 0 Å². The molecule has 0 unspecified atom stereocenters. The minimum absolute atomic E-state index is 0.0596. The van der Waals surface area contributed by atoms with E-state index < -0.39 is 9.84 Å². The highest BCUT2D eigenvalue weighted by molar-refractivity contribution is 7.95. The van der Waals surface area contributed by atoms with E-state index in [1.807, 2.05) is 61.5 Å². The molecule has 0 aliphatic carbocycles. The number of allylic oxidation sites excluding steroid dienone is 1. The van der Waals surface area contributed by atoms with Crippen molar-refractivity contribution < 1.29 is 13.2 Å². The molecule has 0 amide bonds. The number of aryl methyl sites for hydroxylation is 1. The van der Waals surface area contributed by atoms with Gasteiger partial charge in [-0.05, 0) is 61.0 Å². The maximum Gasteiger partial charge on any atom is 0.216 e. The van der Waals surface area contributed by atoms with Gasteiger partial charge in [-0.3, -0.25) is 0 Å². The second kappa shape index (κ2) is 10.2. The van der Waals surface area contributed by atoms with Crippen LogP contribution in [0.15, 0.2) is 108 Å². The van der Waals surface area contributed by atoms with E-state index in [0.29, 0.717) is 17.9 Å². The van der Waals surface area contributed by atoms with Crippen LogP contribution in [0.4, 0.5) is 0 Å². The number of para-hydroxylation sites is 1. The highest BCUT2D eigenvalue weighted by Crippen LogP contribution is 2.31. The summed E-state index contributed by atoms with van der Waals surface area (Å²) in [5.41, 5.74) is 3.52. The van der Waals surface area contributed by atoms with Crippen LogP contribution in [0.25, 0.3) is 23.0 Å². The molecule has 3 aromatic carbocycles. The minimum atomic E-state index is -4.00. The second-order valence-electron chi connectivity index (χ2n) is 7.73. The summed E-state index contributed by atoms with van der Waals surface area (Å²) in [6.45, 7) is 5.98. The van der Waals surface area contributed by atoms with Crippen molar-refractivity contribution in [1.29, 1.82) is 5.26 Å². The number of aromatic nitrogens is 2. The molecule has 0 atom stereocenters. The average molecular weight is 482 g/mol. The van der Waals surface area contributed by atoms with Crippen LogP contribution in [0.5, 0.6) is 5.75 Å². The fourth-order valence-electron chi connectivity index (χ4n) is 3.58. The molecule has 0 radical (unpaired) electrons. The zero-order chi connectivity index (χ0) is 24.8. The fraction of sp³-hybridized carbons (Fsp3) is 0.0714. The van der Waals surface area contributed by atoms with Crippen LogP contribution in [-0.4, -0.2) is 24.8 Å². The Balaban J connectivity index is 1.86. The number of sulfone groups is 1. The van der Waals surface area contributed by atoms with E-state index in [1.165, 1.54) is 18.2 Å². The van der Waals surface area contributed by atoms with Crippen LogP contribution in [0.3, 0.4) is 0 Å². The van der Waals surface area contributed by atoms with E-state index in [1.54, 1.807) is 35.2 Å². The minimum Gasteiger partial charge on any atom is -0.489 e. The molecule has 0 saturated heterocycles. The Bertz CT molecular complexity index is 1530. The van der Waals surface area contributed by atoms with E-state index in [2.05, 4.69) is 6.58 Å². The number of hydrogen-bond donors (Lipinski definition) is 0. The molecular formula is C28H23N3O3S. The van der Waals surface area contributed by atoms with Gasteiger partial charge < -0.3 is 4.74 Å². The zero-order valence-corrected chi connectivity index (χ0v) is 19.9. The number of nitriles is 1. The van der Waals surface area contributed by atoms with Gasteiger partial charge in [-0.1, -0.05) is 49.1 Å². The average Bonchev–Trinajstić information content (AvgIpc) is 3.31. The molecule has 6 nitrogen and oxygen atoms in total. The summed E-state index contributed by atoms with van der Waals surface area (Å²) in [6, 6.07) is 24.9.